The number of morpholine rings is 1. The van der Waals surface area contributed by atoms with Crippen LogP contribution in [-0.2, 0) is 4.74 Å². The van der Waals surface area contributed by atoms with Crippen LogP contribution in [0.25, 0.3) is 17.0 Å². The maximum absolute atomic E-state index is 5.81. The summed E-state index contributed by atoms with van der Waals surface area (Å²) in [6.07, 6.45) is 4.08. The van der Waals surface area contributed by atoms with Gasteiger partial charge in [-0.15, -0.1) is 10.2 Å². The zero-order chi connectivity index (χ0) is 15.8. The van der Waals surface area contributed by atoms with Crippen LogP contribution in [-0.4, -0.2) is 44.9 Å². The summed E-state index contributed by atoms with van der Waals surface area (Å²) in [5, 5.41) is 8.76. The number of anilines is 1. The molecule has 4 rings (SSSR count). The highest BCUT2D eigenvalue weighted by Gasteiger charge is 2.25. The molecule has 0 saturated carbocycles. The second kappa shape index (κ2) is 5.62. The average molecular weight is 309 g/mol. The summed E-state index contributed by atoms with van der Waals surface area (Å²) in [6, 6.07) is 10.1. The van der Waals surface area contributed by atoms with Crippen molar-refractivity contribution in [3.63, 3.8) is 0 Å². The van der Waals surface area contributed by atoms with Crippen molar-refractivity contribution in [1.29, 1.82) is 0 Å². The van der Waals surface area contributed by atoms with Gasteiger partial charge in [0.1, 0.15) is 0 Å². The molecule has 3 heterocycles. The summed E-state index contributed by atoms with van der Waals surface area (Å²) in [6.45, 7) is 5.79. The summed E-state index contributed by atoms with van der Waals surface area (Å²) in [4.78, 5) is 6.79. The molecular formula is C17H19N5O. The average Bonchev–Trinajstić information content (AvgIpc) is 2.98. The minimum absolute atomic E-state index is 0.178. The summed E-state index contributed by atoms with van der Waals surface area (Å²) >= 11 is 0. The zero-order valence-electron chi connectivity index (χ0n) is 13.3. The Balaban J connectivity index is 1.79. The molecule has 0 N–H and O–H groups in total. The molecule has 0 bridgehead atoms. The first kappa shape index (κ1) is 14.1. The van der Waals surface area contributed by atoms with Crippen molar-refractivity contribution >= 4 is 11.5 Å². The van der Waals surface area contributed by atoms with E-state index in [4.69, 9.17) is 4.74 Å². The van der Waals surface area contributed by atoms with Crippen LogP contribution in [0.1, 0.15) is 13.8 Å². The van der Waals surface area contributed by atoms with E-state index >= 15 is 0 Å². The third-order valence-corrected chi connectivity index (χ3v) is 4.06. The van der Waals surface area contributed by atoms with Crippen molar-refractivity contribution in [1.82, 2.24) is 19.6 Å². The Morgan fingerprint density at radius 1 is 1.04 bits per heavy atom. The first-order valence-electron chi connectivity index (χ1n) is 7.88. The van der Waals surface area contributed by atoms with Gasteiger partial charge in [0.2, 0.25) is 5.65 Å². The molecule has 1 aliphatic rings. The van der Waals surface area contributed by atoms with E-state index in [0.717, 1.165) is 35.9 Å². The second-order valence-electron chi connectivity index (χ2n) is 6.00. The lowest BCUT2D eigenvalue weighted by molar-refractivity contribution is -0.00539. The molecule has 6 nitrogen and oxygen atoms in total. The normalized spacial score (nSPS) is 21.7. The minimum atomic E-state index is 0.178. The predicted octanol–water partition coefficient (Wildman–Crippen LogP) is 2.40. The quantitative estimate of drug-likeness (QED) is 0.727. The van der Waals surface area contributed by atoms with Crippen LogP contribution in [0.2, 0.25) is 0 Å². The molecule has 6 heteroatoms. The van der Waals surface area contributed by atoms with E-state index in [1.165, 1.54) is 0 Å². The third kappa shape index (κ3) is 2.55. The van der Waals surface area contributed by atoms with Crippen LogP contribution in [0, 0.1) is 0 Å². The fourth-order valence-corrected chi connectivity index (χ4v) is 3.17. The first-order chi connectivity index (χ1) is 11.2. The minimum Gasteiger partial charge on any atom is -0.372 e. The Hall–Kier alpha value is -2.47. The van der Waals surface area contributed by atoms with Crippen LogP contribution in [0.5, 0.6) is 0 Å². The third-order valence-electron chi connectivity index (χ3n) is 4.06. The van der Waals surface area contributed by atoms with Gasteiger partial charge in [-0.2, -0.15) is 0 Å². The fourth-order valence-electron chi connectivity index (χ4n) is 3.17. The molecule has 1 aliphatic heterocycles. The smallest absolute Gasteiger partial charge is 0.204 e. The number of hydrogen-bond donors (Lipinski definition) is 0. The molecule has 0 radical (unpaired) electrons. The Kier molecular flexibility index (Phi) is 3.46. The van der Waals surface area contributed by atoms with E-state index in [-0.39, 0.29) is 12.2 Å². The summed E-state index contributed by atoms with van der Waals surface area (Å²) in [5.41, 5.74) is 1.83. The Morgan fingerprint density at radius 3 is 2.52 bits per heavy atom. The van der Waals surface area contributed by atoms with Gasteiger partial charge in [-0.1, -0.05) is 30.3 Å². The molecule has 0 aliphatic carbocycles. The van der Waals surface area contributed by atoms with E-state index in [0.29, 0.717) is 0 Å². The van der Waals surface area contributed by atoms with Crippen molar-refractivity contribution < 1.29 is 4.74 Å². The maximum atomic E-state index is 5.81. The largest absolute Gasteiger partial charge is 0.372 e. The van der Waals surface area contributed by atoms with Gasteiger partial charge in [-0.05, 0) is 13.8 Å². The molecule has 2 aromatic heterocycles. The summed E-state index contributed by atoms with van der Waals surface area (Å²) < 4.78 is 7.81. The number of ether oxygens (including phenoxy) is 1. The lowest BCUT2D eigenvalue weighted by Crippen LogP contribution is -2.46. The van der Waals surface area contributed by atoms with Gasteiger partial charge < -0.3 is 9.64 Å². The highest BCUT2D eigenvalue weighted by Crippen LogP contribution is 2.25. The number of hydrogen-bond acceptors (Lipinski definition) is 5. The van der Waals surface area contributed by atoms with E-state index in [9.17, 15) is 0 Å². The number of fused-ring (bicyclic) bond motifs is 1. The van der Waals surface area contributed by atoms with E-state index < -0.39 is 0 Å². The van der Waals surface area contributed by atoms with Crippen molar-refractivity contribution in [2.45, 2.75) is 26.1 Å². The highest BCUT2D eigenvalue weighted by atomic mass is 16.5. The van der Waals surface area contributed by atoms with Crippen molar-refractivity contribution in [3.05, 3.63) is 42.7 Å². The summed E-state index contributed by atoms with van der Waals surface area (Å²) in [5.74, 6) is 1.70. The van der Waals surface area contributed by atoms with Crippen LogP contribution in [0.4, 0.5) is 5.82 Å². The number of rotatable bonds is 2. The molecule has 2 unspecified atom stereocenters. The van der Waals surface area contributed by atoms with Crippen LogP contribution < -0.4 is 4.90 Å². The molecule has 0 amide bonds. The Morgan fingerprint density at radius 2 is 1.78 bits per heavy atom. The molecule has 2 atom stereocenters. The summed E-state index contributed by atoms with van der Waals surface area (Å²) in [7, 11) is 0. The molecular weight excluding hydrogens is 290 g/mol. The Bertz CT molecular complexity index is 806. The first-order valence-corrected chi connectivity index (χ1v) is 7.88. The van der Waals surface area contributed by atoms with Gasteiger partial charge in [0.25, 0.3) is 0 Å². The predicted molar refractivity (Wildman–Crippen MR) is 88.4 cm³/mol. The lowest BCUT2D eigenvalue weighted by Gasteiger charge is -2.35. The van der Waals surface area contributed by atoms with Gasteiger partial charge in [0, 0.05) is 31.0 Å². The van der Waals surface area contributed by atoms with Gasteiger partial charge >= 0.3 is 0 Å². The fraction of sp³-hybridized carbons (Fsp3) is 0.353. The maximum Gasteiger partial charge on any atom is 0.204 e. The van der Waals surface area contributed by atoms with Gasteiger partial charge in [0.05, 0.1) is 12.2 Å². The lowest BCUT2D eigenvalue weighted by atomic mass is 10.2. The molecule has 0 spiro atoms. The molecule has 3 aromatic rings. The zero-order valence-corrected chi connectivity index (χ0v) is 13.3. The van der Waals surface area contributed by atoms with E-state index in [1.54, 1.807) is 0 Å². The molecule has 118 valence electrons. The SMILES string of the molecule is CC1CN(c2nccn3c(-c4ccccc4)nnc23)CC(C)O1. The number of aromatic nitrogens is 4. The topological polar surface area (TPSA) is 55.6 Å². The van der Waals surface area contributed by atoms with Gasteiger partial charge in [-0.3, -0.25) is 4.40 Å². The standard InChI is InChI=1S/C17H19N5O/c1-12-10-21(11-13(2)23-12)16-17-20-19-15(22(17)9-8-18-16)14-6-4-3-5-7-14/h3-9,12-13H,10-11H2,1-2H3. The molecule has 1 fully saturated rings. The second-order valence-corrected chi connectivity index (χ2v) is 6.00. The molecule has 1 saturated heterocycles. The van der Waals surface area contributed by atoms with E-state index in [1.807, 2.05) is 47.1 Å². The van der Waals surface area contributed by atoms with Crippen molar-refractivity contribution in [2.24, 2.45) is 0 Å². The van der Waals surface area contributed by atoms with Crippen LogP contribution in [0.3, 0.4) is 0 Å². The highest BCUT2D eigenvalue weighted by molar-refractivity contribution is 5.68. The van der Waals surface area contributed by atoms with Gasteiger partial charge in [-0.25, -0.2) is 4.98 Å². The van der Waals surface area contributed by atoms with Crippen LogP contribution in [0.15, 0.2) is 42.7 Å². The molecule has 23 heavy (non-hydrogen) atoms. The monoisotopic (exact) mass is 309 g/mol. The van der Waals surface area contributed by atoms with E-state index in [2.05, 4.69) is 33.9 Å². The number of nitrogens with zero attached hydrogens (tertiary/aromatic N) is 5. The van der Waals surface area contributed by atoms with Crippen LogP contribution >= 0.6 is 0 Å². The number of benzene rings is 1. The molecule has 1 aromatic carbocycles. The Labute approximate surface area is 134 Å². The van der Waals surface area contributed by atoms with Gasteiger partial charge in [0.15, 0.2) is 11.6 Å². The van der Waals surface area contributed by atoms with Crippen molar-refractivity contribution in [3.8, 4) is 11.4 Å². The van der Waals surface area contributed by atoms with Crippen molar-refractivity contribution in [2.75, 3.05) is 18.0 Å².